The first-order valence-electron chi connectivity index (χ1n) is 3.85. The largest absolute Gasteiger partial charge is 0.368 e. The van der Waals surface area contributed by atoms with Crippen molar-refractivity contribution in [1.29, 1.82) is 0 Å². The van der Waals surface area contributed by atoms with Gasteiger partial charge < -0.3 is 10.5 Å². The fraction of sp³-hybridized carbons (Fsp3) is 0.286. The molecule has 7 heteroatoms. The second kappa shape index (κ2) is 3.39. The Balaban J connectivity index is 2.66. The summed E-state index contributed by atoms with van der Waals surface area (Å²) in [6, 6.07) is 0. The Kier molecular flexibility index (Phi) is 2.22. The van der Waals surface area contributed by atoms with Crippen LogP contribution in [0.15, 0.2) is 6.33 Å². The lowest BCUT2D eigenvalue weighted by molar-refractivity contribution is 0.134. The van der Waals surface area contributed by atoms with Crippen molar-refractivity contribution in [3.05, 3.63) is 11.5 Å². The summed E-state index contributed by atoms with van der Waals surface area (Å²) in [7, 11) is 1.58. The topological polar surface area (TPSA) is 78.8 Å². The predicted octanol–water partition coefficient (Wildman–Crippen LogP) is 0.666. The maximum atomic E-state index is 5.83. The average molecular weight is 214 g/mol. The highest BCUT2D eigenvalue weighted by Crippen LogP contribution is 2.19. The minimum absolute atomic E-state index is 0.125. The van der Waals surface area contributed by atoms with E-state index in [1.54, 1.807) is 18.0 Å². The van der Waals surface area contributed by atoms with Gasteiger partial charge in [0.2, 0.25) is 5.95 Å². The number of halogens is 1. The number of nitrogens with two attached hydrogens (primary N) is 1. The Morgan fingerprint density at radius 2 is 2.36 bits per heavy atom. The molecule has 0 unspecified atom stereocenters. The van der Waals surface area contributed by atoms with Crippen LogP contribution in [0.2, 0.25) is 5.15 Å². The van der Waals surface area contributed by atoms with Crippen LogP contribution in [0.25, 0.3) is 11.2 Å². The monoisotopic (exact) mass is 213 g/mol. The number of ether oxygens (including phenoxy) is 1. The van der Waals surface area contributed by atoms with Crippen molar-refractivity contribution in [2.75, 3.05) is 12.8 Å². The van der Waals surface area contributed by atoms with Gasteiger partial charge in [0.15, 0.2) is 10.8 Å². The van der Waals surface area contributed by atoms with Crippen LogP contribution in [0.4, 0.5) is 5.95 Å². The smallest absolute Gasteiger partial charge is 0.223 e. The van der Waals surface area contributed by atoms with Gasteiger partial charge >= 0.3 is 0 Å². The van der Waals surface area contributed by atoms with E-state index in [9.17, 15) is 0 Å². The molecule has 2 heterocycles. The second-order valence-electron chi connectivity index (χ2n) is 2.68. The first-order valence-corrected chi connectivity index (χ1v) is 4.23. The summed E-state index contributed by atoms with van der Waals surface area (Å²) in [6.07, 6.45) is 1.58. The van der Waals surface area contributed by atoms with E-state index in [1.807, 2.05) is 0 Å². The van der Waals surface area contributed by atoms with Crippen molar-refractivity contribution in [1.82, 2.24) is 19.5 Å². The molecule has 0 saturated heterocycles. The Labute approximate surface area is 84.7 Å². The normalized spacial score (nSPS) is 11.0. The summed E-state index contributed by atoms with van der Waals surface area (Å²) in [6.45, 7) is 0.350. The Morgan fingerprint density at radius 3 is 3.07 bits per heavy atom. The number of anilines is 1. The number of nitrogens with zero attached hydrogens (tertiary/aromatic N) is 4. The van der Waals surface area contributed by atoms with E-state index in [1.165, 1.54) is 0 Å². The maximum absolute atomic E-state index is 5.83. The van der Waals surface area contributed by atoms with Gasteiger partial charge in [-0.15, -0.1) is 0 Å². The first kappa shape index (κ1) is 9.17. The zero-order valence-corrected chi connectivity index (χ0v) is 8.19. The van der Waals surface area contributed by atoms with Crippen molar-refractivity contribution in [3.8, 4) is 0 Å². The molecule has 0 saturated carbocycles. The molecule has 74 valence electrons. The van der Waals surface area contributed by atoms with Gasteiger partial charge in [0, 0.05) is 7.11 Å². The Hall–Kier alpha value is -1.40. The summed E-state index contributed by atoms with van der Waals surface area (Å²) in [5.74, 6) is 0.125. The molecule has 0 radical (unpaired) electrons. The molecule has 0 spiro atoms. The highest BCUT2D eigenvalue weighted by molar-refractivity contribution is 6.33. The van der Waals surface area contributed by atoms with E-state index < -0.39 is 0 Å². The first-order chi connectivity index (χ1) is 6.72. The summed E-state index contributed by atoms with van der Waals surface area (Å²) < 4.78 is 6.65. The molecule has 0 amide bonds. The van der Waals surface area contributed by atoms with Crippen LogP contribution in [-0.2, 0) is 11.5 Å². The standard InChI is InChI=1S/C7H8ClN5O/c1-14-3-13-2-10-4-5(8)11-7(9)12-6(4)13/h2H,3H2,1H3,(H2,9,11,12). The molecule has 0 aliphatic rings. The molecule has 0 aromatic carbocycles. The van der Waals surface area contributed by atoms with Gasteiger partial charge in [0.05, 0.1) is 6.33 Å². The van der Waals surface area contributed by atoms with E-state index in [4.69, 9.17) is 22.1 Å². The molecule has 2 aromatic heterocycles. The van der Waals surface area contributed by atoms with Crippen molar-refractivity contribution < 1.29 is 4.74 Å². The van der Waals surface area contributed by atoms with Gasteiger partial charge in [-0.3, -0.25) is 4.57 Å². The Bertz CT molecular complexity index is 468. The van der Waals surface area contributed by atoms with Gasteiger partial charge in [0.25, 0.3) is 0 Å². The second-order valence-corrected chi connectivity index (χ2v) is 3.03. The molecule has 2 rings (SSSR count). The lowest BCUT2D eigenvalue weighted by atomic mass is 10.5. The maximum Gasteiger partial charge on any atom is 0.223 e. The van der Waals surface area contributed by atoms with Crippen LogP contribution < -0.4 is 5.73 Å². The van der Waals surface area contributed by atoms with Crippen molar-refractivity contribution in [3.63, 3.8) is 0 Å². The number of methoxy groups -OCH3 is 1. The number of aromatic nitrogens is 4. The average Bonchev–Trinajstić information content (AvgIpc) is 2.49. The summed E-state index contributed by atoms with van der Waals surface area (Å²) >= 11 is 5.83. The molecule has 14 heavy (non-hydrogen) atoms. The molecule has 2 N–H and O–H groups in total. The third-order valence-electron chi connectivity index (χ3n) is 1.71. The summed E-state index contributed by atoms with van der Waals surface area (Å²) in [4.78, 5) is 11.9. The van der Waals surface area contributed by atoms with Crippen molar-refractivity contribution in [2.45, 2.75) is 6.73 Å². The minimum Gasteiger partial charge on any atom is -0.368 e. The third-order valence-corrected chi connectivity index (χ3v) is 1.97. The lowest BCUT2D eigenvalue weighted by Gasteiger charge is -2.01. The predicted molar refractivity (Wildman–Crippen MR) is 51.8 cm³/mol. The van der Waals surface area contributed by atoms with E-state index in [2.05, 4.69) is 15.0 Å². The van der Waals surface area contributed by atoms with Gasteiger partial charge in [-0.1, -0.05) is 11.6 Å². The Morgan fingerprint density at radius 1 is 1.57 bits per heavy atom. The van der Waals surface area contributed by atoms with Gasteiger partial charge in [0.1, 0.15) is 12.2 Å². The third kappa shape index (κ3) is 1.38. The number of rotatable bonds is 2. The molecule has 0 aliphatic heterocycles. The highest BCUT2D eigenvalue weighted by Gasteiger charge is 2.09. The zero-order chi connectivity index (χ0) is 10.1. The van der Waals surface area contributed by atoms with E-state index in [0.29, 0.717) is 17.9 Å². The molecule has 0 bridgehead atoms. The molecular weight excluding hydrogens is 206 g/mol. The zero-order valence-electron chi connectivity index (χ0n) is 7.44. The molecule has 2 aromatic rings. The van der Waals surface area contributed by atoms with Crippen molar-refractivity contribution in [2.24, 2.45) is 0 Å². The van der Waals surface area contributed by atoms with Crippen LogP contribution in [0, 0.1) is 0 Å². The number of hydrogen-bond donors (Lipinski definition) is 1. The molecular formula is C7H8ClN5O. The quantitative estimate of drug-likeness (QED) is 0.742. The van der Waals surface area contributed by atoms with Crippen LogP contribution in [0.1, 0.15) is 0 Å². The molecule has 0 fully saturated rings. The number of hydrogen-bond acceptors (Lipinski definition) is 5. The van der Waals surface area contributed by atoms with Crippen LogP contribution >= 0.6 is 11.6 Å². The van der Waals surface area contributed by atoms with E-state index in [-0.39, 0.29) is 11.1 Å². The van der Waals surface area contributed by atoms with Gasteiger partial charge in [-0.25, -0.2) is 4.98 Å². The van der Waals surface area contributed by atoms with E-state index in [0.717, 1.165) is 0 Å². The minimum atomic E-state index is 0.125. The van der Waals surface area contributed by atoms with Crippen LogP contribution in [0.3, 0.4) is 0 Å². The number of fused-ring (bicyclic) bond motifs is 1. The fourth-order valence-corrected chi connectivity index (χ4v) is 1.38. The molecule has 0 atom stereocenters. The van der Waals surface area contributed by atoms with E-state index >= 15 is 0 Å². The lowest BCUT2D eigenvalue weighted by Crippen LogP contribution is -2.02. The summed E-state index contributed by atoms with van der Waals surface area (Å²) in [5, 5.41) is 0.252. The van der Waals surface area contributed by atoms with Crippen LogP contribution in [-0.4, -0.2) is 26.6 Å². The van der Waals surface area contributed by atoms with Crippen LogP contribution in [0.5, 0.6) is 0 Å². The molecule has 0 aliphatic carbocycles. The van der Waals surface area contributed by atoms with Gasteiger partial charge in [-0.2, -0.15) is 9.97 Å². The SMILES string of the molecule is COCn1cnc2c(Cl)nc(N)nc21. The number of imidazole rings is 1. The van der Waals surface area contributed by atoms with Crippen molar-refractivity contribution >= 4 is 28.7 Å². The highest BCUT2D eigenvalue weighted by atomic mass is 35.5. The molecule has 6 nitrogen and oxygen atoms in total. The summed E-state index contributed by atoms with van der Waals surface area (Å²) in [5.41, 5.74) is 6.56. The van der Waals surface area contributed by atoms with Gasteiger partial charge in [-0.05, 0) is 0 Å². The fourth-order valence-electron chi connectivity index (χ4n) is 1.16. The number of nitrogen functional groups attached to an aromatic ring is 1.